The fourth-order valence-electron chi connectivity index (χ4n) is 3.61. The van der Waals surface area contributed by atoms with Gasteiger partial charge in [0.2, 0.25) is 0 Å². The molecule has 3 rings (SSSR count). The first-order valence-corrected chi connectivity index (χ1v) is 10.2. The molecule has 1 unspecified atom stereocenters. The maximum Gasteiger partial charge on any atom is 0.251 e. The quantitative estimate of drug-likeness (QED) is 0.357. The van der Waals surface area contributed by atoms with E-state index in [9.17, 15) is 4.79 Å². The van der Waals surface area contributed by atoms with E-state index < -0.39 is 0 Å². The zero-order chi connectivity index (χ0) is 19.8. The molecule has 2 aliphatic heterocycles. The SMILES string of the molecule is CCNC(=NCc1ccc(COC)cc1)N1CCN(C(=O)C2CCCO2)CC1.I. The number of ether oxygens (including phenoxy) is 2. The van der Waals surface area contributed by atoms with Gasteiger partial charge in [-0.3, -0.25) is 4.79 Å². The number of carbonyl (C=O) groups excluding carboxylic acids is 1. The number of methoxy groups -OCH3 is 1. The molecule has 0 bridgehead atoms. The predicted octanol–water partition coefficient (Wildman–Crippen LogP) is 2.24. The number of piperazine rings is 1. The largest absolute Gasteiger partial charge is 0.380 e. The average molecular weight is 516 g/mol. The zero-order valence-electron chi connectivity index (χ0n) is 17.4. The Morgan fingerprint density at radius 1 is 1.17 bits per heavy atom. The molecule has 162 valence electrons. The predicted molar refractivity (Wildman–Crippen MR) is 125 cm³/mol. The molecular weight excluding hydrogens is 483 g/mol. The standard InChI is InChI=1S/C21H32N4O3.HI/c1-3-22-21(23-15-17-6-8-18(9-7-17)16-27-2)25-12-10-24(11-13-25)20(26)19-5-4-14-28-19;/h6-9,19H,3-5,10-16H2,1-2H3,(H,22,23);1H. The van der Waals surface area contributed by atoms with Crippen LogP contribution in [0.4, 0.5) is 0 Å². The van der Waals surface area contributed by atoms with Gasteiger partial charge in [-0.1, -0.05) is 24.3 Å². The molecule has 29 heavy (non-hydrogen) atoms. The van der Waals surface area contributed by atoms with Crippen molar-refractivity contribution in [3.8, 4) is 0 Å². The fraction of sp³-hybridized carbons (Fsp3) is 0.619. The summed E-state index contributed by atoms with van der Waals surface area (Å²) in [6.07, 6.45) is 1.61. The number of aliphatic imine (C=N–C) groups is 1. The van der Waals surface area contributed by atoms with Crippen molar-refractivity contribution >= 4 is 35.8 Å². The summed E-state index contributed by atoms with van der Waals surface area (Å²) in [5.74, 6) is 1.06. The van der Waals surface area contributed by atoms with E-state index in [4.69, 9.17) is 14.5 Å². The molecule has 0 saturated carbocycles. The highest BCUT2D eigenvalue weighted by molar-refractivity contribution is 14.0. The molecule has 2 aliphatic rings. The van der Waals surface area contributed by atoms with Gasteiger partial charge in [-0.25, -0.2) is 4.99 Å². The van der Waals surface area contributed by atoms with E-state index in [0.717, 1.165) is 57.1 Å². The molecule has 1 atom stereocenters. The minimum absolute atomic E-state index is 0. The van der Waals surface area contributed by atoms with Gasteiger partial charge >= 0.3 is 0 Å². The molecular formula is C21H33IN4O3. The molecule has 0 aliphatic carbocycles. The van der Waals surface area contributed by atoms with Gasteiger partial charge in [0, 0.05) is 46.4 Å². The lowest BCUT2D eigenvalue weighted by Crippen LogP contribution is -2.55. The van der Waals surface area contributed by atoms with Crippen LogP contribution in [0.1, 0.15) is 30.9 Å². The molecule has 0 radical (unpaired) electrons. The summed E-state index contributed by atoms with van der Waals surface area (Å²) in [5.41, 5.74) is 2.33. The van der Waals surface area contributed by atoms with Gasteiger partial charge in [0.1, 0.15) is 6.10 Å². The highest BCUT2D eigenvalue weighted by atomic mass is 127. The lowest BCUT2D eigenvalue weighted by molar-refractivity contribution is -0.142. The summed E-state index contributed by atoms with van der Waals surface area (Å²) in [6, 6.07) is 8.35. The maximum atomic E-state index is 12.5. The molecule has 2 fully saturated rings. The van der Waals surface area contributed by atoms with Gasteiger partial charge in [0.05, 0.1) is 13.2 Å². The smallest absolute Gasteiger partial charge is 0.251 e. The van der Waals surface area contributed by atoms with E-state index in [-0.39, 0.29) is 36.0 Å². The summed E-state index contributed by atoms with van der Waals surface area (Å²) in [4.78, 5) is 21.5. The maximum absolute atomic E-state index is 12.5. The van der Waals surface area contributed by atoms with Gasteiger partial charge in [-0.05, 0) is 30.9 Å². The van der Waals surface area contributed by atoms with Gasteiger partial charge in [0.25, 0.3) is 5.91 Å². The van der Waals surface area contributed by atoms with Crippen molar-refractivity contribution in [2.45, 2.75) is 39.0 Å². The molecule has 8 heteroatoms. The minimum atomic E-state index is -0.227. The van der Waals surface area contributed by atoms with Crippen LogP contribution in [0.3, 0.4) is 0 Å². The molecule has 1 amide bonds. The molecule has 1 aromatic rings. The van der Waals surface area contributed by atoms with Gasteiger partial charge in [-0.15, -0.1) is 24.0 Å². The average Bonchev–Trinajstić information content (AvgIpc) is 3.27. The normalized spacial score (nSPS) is 19.8. The van der Waals surface area contributed by atoms with Crippen LogP contribution in [0.15, 0.2) is 29.3 Å². The molecule has 0 spiro atoms. The Balaban J connectivity index is 0.00000300. The second-order valence-electron chi connectivity index (χ2n) is 7.23. The van der Waals surface area contributed by atoms with E-state index in [0.29, 0.717) is 19.8 Å². The van der Waals surface area contributed by atoms with Crippen LogP contribution in [0, 0.1) is 0 Å². The Kier molecular flexibility index (Phi) is 10.2. The summed E-state index contributed by atoms with van der Waals surface area (Å²) in [6.45, 7) is 7.87. The third-order valence-electron chi connectivity index (χ3n) is 5.18. The lowest BCUT2D eigenvalue weighted by Gasteiger charge is -2.37. The van der Waals surface area contributed by atoms with Crippen molar-refractivity contribution in [3.05, 3.63) is 35.4 Å². The van der Waals surface area contributed by atoms with Gasteiger partial charge < -0.3 is 24.6 Å². The number of guanidine groups is 1. The topological polar surface area (TPSA) is 66.4 Å². The number of hydrogen-bond acceptors (Lipinski definition) is 4. The summed E-state index contributed by atoms with van der Waals surface area (Å²) < 4.78 is 10.7. The van der Waals surface area contributed by atoms with E-state index in [2.05, 4.69) is 41.4 Å². The molecule has 2 saturated heterocycles. The molecule has 1 aromatic carbocycles. The van der Waals surface area contributed by atoms with Crippen molar-refractivity contribution in [3.63, 3.8) is 0 Å². The van der Waals surface area contributed by atoms with Crippen LogP contribution < -0.4 is 5.32 Å². The van der Waals surface area contributed by atoms with E-state index in [1.165, 1.54) is 5.56 Å². The Hall–Kier alpha value is -1.39. The minimum Gasteiger partial charge on any atom is -0.380 e. The number of amides is 1. The monoisotopic (exact) mass is 516 g/mol. The van der Waals surface area contributed by atoms with Crippen LogP contribution in [-0.2, 0) is 27.4 Å². The van der Waals surface area contributed by atoms with Gasteiger partial charge in [-0.2, -0.15) is 0 Å². The Labute approximate surface area is 190 Å². The first kappa shape index (κ1) is 23.9. The van der Waals surface area contributed by atoms with Crippen molar-refractivity contribution in [2.24, 2.45) is 4.99 Å². The van der Waals surface area contributed by atoms with E-state index in [1.54, 1.807) is 7.11 Å². The number of nitrogens with one attached hydrogen (secondary N) is 1. The highest BCUT2D eigenvalue weighted by Gasteiger charge is 2.30. The van der Waals surface area contributed by atoms with Crippen LogP contribution >= 0.6 is 24.0 Å². The van der Waals surface area contributed by atoms with Crippen LogP contribution in [-0.4, -0.2) is 74.2 Å². The second-order valence-corrected chi connectivity index (χ2v) is 7.23. The number of hydrogen-bond donors (Lipinski definition) is 1. The molecule has 0 aromatic heterocycles. The van der Waals surface area contributed by atoms with Crippen molar-refractivity contribution in [1.82, 2.24) is 15.1 Å². The Morgan fingerprint density at radius 3 is 2.41 bits per heavy atom. The second kappa shape index (κ2) is 12.3. The van der Waals surface area contributed by atoms with E-state index in [1.807, 2.05) is 4.90 Å². The summed E-state index contributed by atoms with van der Waals surface area (Å²) in [7, 11) is 1.70. The molecule has 2 heterocycles. The van der Waals surface area contributed by atoms with Crippen LogP contribution in [0.5, 0.6) is 0 Å². The highest BCUT2D eigenvalue weighted by Crippen LogP contribution is 2.16. The molecule has 1 N–H and O–H groups in total. The summed E-state index contributed by atoms with van der Waals surface area (Å²) in [5, 5.41) is 3.38. The number of carbonyl (C=O) groups is 1. The van der Waals surface area contributed by atoms with Crippen LogP contribution in [0.2, 0.25) is 0 Å². The zero-order valence-corrected chi connectivity index (χ0v) is 19.8. The van der Waals surface area contributed by atoms with Crippen molar-refractivity contribution in [1.29, 1.82) is 0 Å². The number of nitrogens with zero attached hydrogens (tertiary/aromatic N) is 3. The summed E-state index contributed by atoms with van der Waals surface area (Å²) >= 11 is 0. The third kappa shape index (κ3) is 6.82. The Bertz CT molecular complexity index is 654. The first-order chi connectivity index (χ1) is 13.7. The first-order valence-electron chi connectivity index (χ1n) is 10.2. The number of halogens is 1. The Morgan fingerprint density at radius 2 is 1.83 bits per heavy atom. The fourth-order valence-corrected chi connectivity index (χ4v) is 3.61. The third-order valence-corrected chi connectivity index (χ3v) is 5.18. The van der Waals surface area contributed by atoms with Crippen molar-refractivity contribution in [2.75, 3.05) is 46.4 Å². The lowest BCUT2D eigenvalue weighted by atomic mass is 10.1. The van der Waals surface area contributed by atoms with Crippen LogP contribution in [0.25, 0.3) is 0 Å². The molecule has 7 nitrogen and oxygen atoms in total. The number of rotatable bonds is 6. The van der Waals surface area contributed by atoms with E-state index >= 15 is 0 Å². The van der Waals surface area contributed by atoms with Crippen molar-refractivity contribution < 1.29 is 14.3 Å². The number of benzene rings is 1. The van der Waals surface area contributed by atoms with Gasteiger partial charge in [0.15, 0.2) is 5.96 Å².